The number of fused-ring (bicyclic) bond motifs is 1. The highest BCUT2D eigenvalue weighted by Gasteiger charge is 2.50. The van der Waals surface area contributed by atoms with Crippen LogP contribution >= 0.6 is 0 Å². The van der Waals surface area contributed by atoms with E-state index in [9.17, 15) is 50.4 Å². The molecule has 47 heavy (non-hydrogen) atoms. The molecule has 17 nitrogen and oxygen atoms in total. The van der Waals surface area contributed by atoms with Crippen molar-refractivity contribution in [2.24, 2.45) is 0 Å². The molecule has 0 bridgehead atoms. The third-order valence-corrected chi connectivity index (χ3v) is 7.77. The molecule has 0 amide bonds. The average Bonchev–Trinajstić information content (AvgIpc) is 3.01. The highest BCUT2D eigenvalue weighted by molar-refractivity contribution is 5.88. The van der Waals surface area contributed by atoms with Crippen LogP contribution < -0.4 is 14.9 Å². The minimum atomic E-state index is -1.90. The van der Waals surface area contributed by atoms with Gasteiger partial charge in [-0.25, -0.2) is 0 Å². The van der Waals surface area contributed by atoms with Gasteiger partial charge in [0.1, 0.15) is 59.1 Å². The van der Waals surface area contributed by atoms with Gasteiger partial charge in [-0.2, -0.15) is 0 Å². The second-order valence-electron chi connectivity index (χ2n) is 11.0. The lowest BCUT2D eigenvalue weighted by atomic mass is 9.98. The molecule has 3 heterocycles. The smallest absolute Gasteiger partial charge is 0.303 e. The average molecular weight is 667 g/mol. The predicted octanol–water partition coefficient (Wildman–Crippen LogP) is -0.813. The van der Waals surface area contributed by atoms with Crippen molar-refractivity contribution in [3.05, 3.63) is 40.6 Å². The Labute approximate surface area is 265 Å². The molecule has 2 aliphatic rings. The van der Waals surface area contributed by atoms with Crippen LogP contribution in [0.4, 0.5) is 0 Å². The maximum Gasteiger partial charge on any atom is 0.303 e. The first-order valence-corrected chi connectivity index (χ1v) is 14.3. The number of esters is 1. The van der Waals surface area contributed by atoms with Gasteiger partial charge in [-0.1, -0.05) is 0 Å². The number of rotatable bonds is 8. The topological polar surface area (TPSA) is 264 Å². The SMILES string of the molecule is COc1ccc(-c2oc3cc(O)cc(O)c3c(=O)c2OC2OC(COC3OC(C)C(O)C(O)C3O)C(O)C(O)C2OC(C)=O)cc1O. The van der Waals surface area contributed by atoms with E-state index >= 15 is 0 Å². The van der Waals surface area contributed by atoms with Crippen LogP contribution in [0.5, 0.6) is 28.7 Å². The summed E-state index contributed by atoms with van der Waals surface area (Å²) in [6, 6.07) is 5.84. The fourth-order valence-electron chi connectivity index (χ4n) is 5.31. The van der Waals surface area contributed by atoms with E-state index in [0.717, 1.165) is 19.1 Å². The van der Waals surface area contributed by atoms with E-state index in [1.807, 2.05) is 0 Å². The molecule has 10 atom stereocenters. The van der Waals surface area contributed by atoms with Gasteiger partial charge in [-0.05, 0) is 25.1 Å². The first kappa shape index (κ1) is 34.1. The summed E-state index contributed by atoms with van der Waals surface area (Å²) in [5.74, 6) is -3.35. The Morgan fingerprint density at radius 2 is 1.60 bits per heavy atom. The maximum absolute atomic E-state index is 13.8. The summed E-state index contributed by atoms with van der Waals surface area (Å²) in [7, 11) is 1.31. The van der Waals surface area contributed by atoms with Crippen LogP contribution in [-0.2, 0) is 23.7 Å². The van der Waals surface area contributed by atoms with Crippen molar-refractivity contribution in [1.82, 2.24) is 0 Å². The Hall–Kier alpha value is -4.20. The summed E-state index contributed by atoms with van der Waals surface area (Å²) in [6.07, 6.45) is -16.0. The van der Waals surface area contributed by atoms with Crippen molar-refractivity contribution in [3.8, 4) is 40.1 Å². The lowest BCUT2D eigenvalue weighted by molar-refractivity contribution is -0.319. The molecule has 1 aromatic heterocycles. The molecular formula is C30H34O17. The lowest BCUT2D eigenvalue weighted by Gasteiger charge is -2.43. The number of hydrogen-bond acceptors (Lipinski definition) is 17. The standard InChI is InChI=1S/C30H34O17/c1-10-20(35)23(38)25(40)29(43-10)42-9-18-21(36)24(39)28(44-11(2)31)30(46-18)47-27-22(37)19-15(34)7-13(32)8-17(19)45-26(27)12-4-5-16(41-3)14(33)6-12/h4-8,10,18,20-21,23-25,28-30,32-36,38-40H,9H2,1-3H3. The zero-order chi connectivity index (χ0) is 34.3. The van der Waals surface area contributed by atoms with Crippen molar-refractivity contribution in [1.29, 1.82) is 0 Å². The molecule has 10 unspecified atom stereocenters. The van der Waals surface area contributed by atoms with Gasteiger partial charge in [0.05, 0.1) is 19.8 Å². The van der Waals surface area contributed by atoms with Gasteiger partial charge < -0.3 is 73.7 Å². The third-order valence-electron chi connectivity index (χ3n) is 7.77. The summed E-state index contributed by atoms with van der Waals surface area (Å²) in [4.78, 5) is 25.8. The first-order chi connectivity index (χ1) is 22.2. The molecule has 17 heteroatoms. The van der Waals surface area contributed by atoms with E-state index in [0.29, 0.717) is 0 Å². The van der Waals surface area contributed by atoms with Gasteiger partial charge in [0.2, 0.25) is 17.5 Å². The Bertz CT molecular complexity index is 1670. The Balaban J connectivity index is 1.54. The van der Waals surface area contributed by atoms with Gasteiger partial charge in [-0.3, -0.25) is 9.59 Å². The second kappa shape index (κ2) is 13.5. The van der Waals surface area contributed by atoms with Crippen LogP contribution in [0.2, 0.25) is 0 Å². The Kier molecular flexibility index (Phi) is 9.81. The number of phenols is 3. The van der Waals surface area contributed by atoms with Crippen molar-refractivity contribution in [2.45, 2.75) is 75.3 Å². The molecule has 2 aromatic carbocycles. The number of ether oxygens (including phenoxy) is 6. The van der Waals surface area contributed by atoms with Gasteiger partial charge in [-0.15, -0.1) is 0 Å². The van der Waals surface area contributed by atoms with Crippen LogP contribution in [-0.4, -0.2) is 122 Å². The summed E-state index contributed by atoms with van der Waals surface area (Å²) >= 11 is 0. The molecule has 2 fully saturated rings. The highest BCUT2D eigenvalue weighted by Crippen LogP contribution is 2.40. The van der Waals surface area contributed by atoms with Crippen LogP contribution in [0, 0.1) is 0 Å². The number of carbonyl (C=O) groups is 1. The summed E-state index contributed by atoms with van der Waals surface area (Å²) in [5, 5.41) is 82.7. The number of carbonyl (C=O) groups excluding carboxylic acids is 1. The maximum atomic E-state index is 13.8. The van der Waals surface area contributed by atoms with E-state index in [1.165, 1.54) is 32.2 Å². The quantitative estimate of drug-likeness (QED) is 0.137. The molecule has 2 aliphatic heterocycles. The van der Waals surface area contributed by atoms with Gasteiger partial charge in [0.25, 0.3) is 0 Å². The fourth-order valence-corrected chi connectivity index (χ4v) is 5.31. The van der Waals surface area contributed by atoms with Crippen molar-refractivity contribution >= 4 is 16.9 Å². The second-order valence-corrected chi connectivity index (χ2v) is 11.0. The minimum absolute atomic E-state index is 0.0405. The molecule has 8 N–H and O–H groups in total. The lowest BCUT2D eigenvalue weighted by Crippen LogP contribution is -2.62. The van der Waals surface area contributed by atoms with Gasteiger partial charge in [0, 0.05) is 24.6 Å². The Morgan fingerprint density at radius 3 is 2.26 bits per heavy atom. The number of aromatic hydroxyl groups is 3. The van der Waals surface area contributed by atoms with Crippen LogP contribution in [0.1, 0.15) is 13.8 Å². The van der Waals surface area contributed by atoms with E-state index in [-0.39, 0.29) is 28.4 Å². The molecule has 0 radical (unpaired) electrons. The third kappa shape index (κ3) is 6.65. The number of hydrogen-bond donors (Lipinski definition) is 8. The first-order valence-electron chi connectivity index (χ1n) is 14.3. The zero-order valence-corrected chi connectivity index (χ0v) is 25.1. The van der Waals surface area contributed by atoms with Gasteiger partial charge >= 0.3 is 5.97 Å². The molecule has 256 valence electrons. The van der Waals surface area contributed by atoms with E-state index < -0.39 is 102 Å². The summed E-state index contributed by atoms with van der Waals surface area (Å²) in [5.41, 5.74) is -1.24. The van der Waals surface area contributed by atoms with Crippen LogP contribution in [0.25, 0.3) is 22.3 Å². The van der Waals surface area contributed by atoms with Crippen LogP contribution in [0.15, 0.2) is 39.5 Å². The number of aliphatic hydroxyl groups excluding tert-OH is 5. The van der Waals surface area contributed by atoms with Crippen molar-refractivity contribution < 1.29 is 78.5 Å². The number of phenolic OH excluding ortho intramolecular Hbond substituents is 3. The number of aliphatic hydroxyl groups is 5. The summed E-state index contributed by atoms with van der Waals surface area (Å²) < 4.78 is 38.8. The number of methoxy groups -OCH3 is 1. The van der Waals surface area contributed by atoms with Crippen LogP contribution in [0.3, 0.4) is 0 Å². The van der Waals surface area contributed by atoms with Gasteiger partial charge in [0.15, 0.2) is 29.7 Å². The largest absolute Gasteiger partial charge is 0.508 e. The summed E-state index contributed by atoms with van der Waals surface area (Å²) in [6.45, 7) is 1.82. The minimum Gasteiger partial charge on any atom is -0.508 e. The molecule has 0 aliphatic carbocycles. The molecule has 0 spiro atoms. The van der Waals surface area contributed by atoms with Crippen molar-refractivity contribution in [2.75, 3.05) is 13.7 Å². The molecule has 3 aromatic rings. The molecular weight excluding hydrogens is 632 g/mol. The molecule has 5 rings (SSSR count). The van der Waals surface area contributed by atoms with E-state index in [2.05, 4.69) is 0 Å². The highest BCUT2D eigenvalue weighted by atomic mass is 16.7. The normalized spacial score (nSPS) is 31.0. The van der Waals surface area contributed by atoms with E-state index in [4.69, 9.17) is 32.8 Å². The molecule has 0 saturated carbocycles. The number of benzene rings is 2. The molecule has 2 saturated heterocycles. The Morgan fingerprint density at radius 1 is 0.872 bits per heavy atom. The monoisotopic (exact) mass is 666 g/mol. The fraction of sp³-hybridized carbons (Fsp3) is 0.467. The van der Waals surface area contributed by atoms with E-state index in [1.54, 1.807) is 0 Å². The zero-order valence-electron chi connectivity index (χ0n) is 25.1. The van der Waals surface area contributed by atoms with Crippen molar-refractivity contribution in [3.63, 3.8) is 0 Å². The predicted molar refractivity (Wildman–Crippen MR) is 155 cm³/mol.